The van der Waals surface area contributed by atoms with Crippen LogP contribution in [-0.4, -0.2) is 11.5 Å². The Morgan fingerprint density at radius 1 is 1.38 bits per heavy atom. The summed E-state index contributed by atoms with van der Waals surface area (Å²) >= 11 is 3.04. The lowest BCUT2D eigenvalue weighted by Gasteiger charge is -2.13. The molecule has 0 fully saturated rings. The average molecular weight is 252 g/mol. The number of alkyl halides is 2. The number of aromatic hydroxyl groups is 1. The summed E-state index contributed by atoms with van der Waals surface area (Å²) in [6, 6.07) is 2.95. The molecule has 1 rings (SSSR count). The van der Waals surface area contributed by atoms with Gasteiger partial charge in [0.15, 0.2) is 0 Å². The van der Waals surface area contributed by atoms with Crippen LogP contribution >= 0.6 is 15.9 Å². The van der Waals surface area contributed by atoms with Gasteiger partial charge in [-0.1, -0.05) is 22.0 Å². The summed E-state index contributed by atoms with van der Waals surface area (Å²) in [6.45, 7) is 0. The zero-order chi connectivity index (χ0) is 10.0. The van der Waals surface area contributed by atoms with Gasteiger partial charge >= 0.3 is 0 Å². The molecule has 0 aliphatic heterocycles. The predicted molar refractivity (Wildman–Crippen MR) is 48.7 cm³/mol. The highest BCUT2D eigenvalue weighted by Gasteiger charge is 2.22. The highest BCUT2D eigenvalue weighted by molar-refractivity contribution is 9.10. The Hall–Kier alpha value is -0.680. The van der Waals surface area contributed by atoms with Crippen LogP contribution < -0.4 is 5.73 Å². The lowest BCUT2D eigenvalue weighted by molar-refractivity contribution is 0.115. The second kappa shape index (κ2) is 4.02. The van der Waals surface area contributed by atoms with Crippen LogP contribution in [-0.2, 0) is 0 Å². The Balaban J connectivity index is 3.12. The monoisotopic (exact) mass is 251 g/mol. The number of benzene rings is 1. The Morgan fingerprint density at radius 3 is 2.46 bits per heavy atom. The van der Waals surface area contributed by atoms with Crippen LogP contribution in [0.3, 0.4) is 0 Å². The van der Waals surface area contributed by atoms with E-state index in [4.69, 9.17) is 5.73 Å². The van der Waals surface area contributed by atoms with Crippen molar-refractivity contribution >= 4 is 15.9 Å². The summed E-state index contributed by atoms with van der Waals surface area (Å²) in [5, 5.41) is 9.27. The Kier molecular flexibility index (Phi) is 3.22. The van der Waals surface area contributed by atoms with E-state index in [1.54, 1.807) is 12.1 Å². The number of phenolic OH excluding ortho intramolecular Hbond substituents is 1. The van der Waals surface area contributed by atoms with Crippen molar-refractivity contribution in [1.29, 1.82) is 0 Å². The van der Waals surface area contributed by atoms with Crippen LogP contribution in [0.1, 0.15) is 11.6 Å². The van der Waals surface area contributed by atoms with Gasteiger partial charge in [-0.05, 0) is 12.1 Å². The van der Waals surface area contributed by atoms with Crippen molar-refractivity contribution in [2.75, 3.05) is 0 Å². The summed E-state index contributed by atoms with van der Waals surface area (Å²) in [5.41, 5.74) is 5.24. The van der Waals surface area contributed by atoms with Crippen LogP contribution in [0.2, 0.25) is 0 Å². The molecule has 3 N–H and O–H groups in total. The summed E-state index contributed by atoms with van der Waals surface area (Å²) in [5.74, 6) is -0.220. The molecule has 0 amide bonds. The summed E-state index contributed by atoms with van der Waals surface area (Å²) < 4.78 is 24.8. The SMILES string of the molecule is NC(c1c(O)cccc1Br)C(F)F. The minimum atomic E-state index is -2.69. The van der Waals surface area contributed by atoms with E-state index >= 15 is 0 Å². The molecule has 0 saturated heterocycles. The van der Waals surface area contributed by atoms with Gasteiger partial charge in [-0.3, -0.25) is 0 Å². The first kappa shape index (κ1) is 10.4. The molecule has 5 heteroatoms. The number of nitrogens with two attached hydrogens (primary N) is 1. The van der Waals surface area contributed by atoms with Crippen molar-refractivity contribution in [2.45, 2.75) is 12.5 Å². The lowest BCUT2D eigenvalue weighted by atomic mass is 10.1. The van der Waals surface area contributed by atoms with Crippen LogP contribution in [0.5, 0.6) is 5.75 Å². The maximum Gasteiger partial charge on any atom is 0.257 e. The fourth-order valence-corrected chi connectivity index (χ4v) is 1.60. The summed E-state index contributed by atoms with van der Waals surface area (Å²) in [7, 11) is 0. The first-order valence-corrected chi connectivity index (χ1v) is 4.34. The molecule has 0 saturated carbocycles. The minimum absolute atomic E-state index is 0.0394. The zero-order valence-electron chi connectivity index (χ0n) is 6.55. The maximum atomic E-state index is 12.2. The zero-order valence-corrected chi connectivity index (χ0v) is 8.13. The van der Waals surface area contributed by atoms with Crippen molar-refractivity contribution in [1.82, 2.24) is 0 Å². The molecule has 1 unspecified atom stereocenters. The molecule has 13 heavy (non-hydrogen) atoms. The number of hydrogen-bond acceptors (Lipinski definition) is 2. The fraction of sp³-hybridized carbons (Fsp3) is 0.250. The van der Waals surface area contributed by atoms with E-state index in [1.165, 1.54) is 6.07 Å². The van der Waals surface area contributed by atoms with E-state index in [2.05, 4.69) is 15.9 Å². The first-order valence-electron chi connectivity index (χ1n) is 3.55. The average Bonchev–Trinajstić information content (AvgIpc) is 2.03. The molecule has 1 aromatic carbocycles. The molecule has 0 heterocycles. The number of phenols is 1. The summed E-state index contributed by atoms with van der Waals surface area (Å²) in [4.78, 5) is 0. The van der Waals surface area contributed by atoms with E-state index in [-0.39, 0.29) is 11.3 Å². The lowest BCUT2D eigenvalue weighted by Crippen LogP contribution is -2.19. The van der Waals surface area contributed by atoms with Crippen LogP contribution in [0, 0.1) is 0 Å². The van der Waals surface area contributed by atoms with Crippen molar-refractivity contribution < 1.29 is 13.9 Å². The predicted octanol–water partition coefficient (Wildman–Crippen LogP) is 2.42. The fourth-order valence-electron chi connectivity index (χ4n) is 0.982. The van der Waals surface area contributed by atoms with Crippen molar-refractivity contribution in [3.05, 3.63) is 28.2 Å². The summed E-state index contributed by atoms with van der Waals surface area (Å²) in [6.07, 6.45) is -2.69. The minimum Gasteiger partial charge on any atom is -0.508 e. The van der Waals surface area contributed by atoms with Gasteiger partial charge in [0.2, 0.25) is 0 Å². The Bertz CT molecular complexity index is 286. The standard InChI is InChI=1S/C8H8BrF2NO/c9-4-2-1-3-5(13)6(4)7(12)8(10)11/h1-3,7-8,13H,12H2. The molecule has 0 aliphatic carbocycles. The van der Waals surface area contributed by atoms with Gasteiger partial charge < -0.3 is 10.8 Å². The second-order valence-corrected chi connectivity index (χ2v) is 3.39. The molecular weight excluding hydrogens is 244 g/mol. The molecule has 1 atom stereocenters. The number of hydrogen-bond donors (Lipinski definition) is 2. The van der Waals surface area contributed by atoms with Crippen LogP contribution in [0.15, 0.2) is 22.7 Å². The van der Waals surface area contributed by atoms with Crippen LogP contribution in [0.4, 0.5) is 8.78 Å². The quantitative estimate of drug-likeness (QED) is 0.848. The van der Waals surface area contributed by atoms with Gasteiger partial charge in [-0.15, -0.1) is 0 Å². The van der Waals surface area contributed by atoms with Crippen LogP contribution in [0.25, 0.3) is 0 Å². The topological polar surface area (TPSA) is 46.2 Å². The molecule has 0 spiro atoms. The third-order valence-corrected chi connectivity index (χ3v) is 2.33. The largest absolute Gasteiger partial charge is 0.508 e. The van der Waals surface area contributed by atoms with E-state index in [1.807, 2.05) is 0 Å². The van der Waals surface area contributed by atoms with Gasteiger partial charge in [0, 0.05) is 10.0 Å². The maximum absolute atomic E-state index is 12.2. The van der Waals surface area contributed by atoms with Crippen molar-refractivity contribution in [2.24, 2.45) is 5.73 Å². The van der Waals surface area contributed by atoms with Crippen molar-refractivity contribution in [3.8, 4) is 5.75 Å². The molecule has 1 aromatic rings. The highest BCUT2D eigenvalue weighted by atomic mass is 79.9. The molecule has 72 valence electrons. The second-order valence-electron chi connectivity index (χ2n) is 2.53. The van der Waals surface area contributed by atoms with E-state index in [0.717, 1.165) is 0 Å². The molecule has 0 aromatic heterocycles. The van der Waals surface area contributed by atoms with E-state index in [9.17, 15) is 13.9 Å². The third kappa shape index (κ3) is 2.16. The van der Waals surface area contributed by atoms with Gasteiger partial charge in [-0.2, -0.15) is 0 Å². The Morgan fingerprint density at radius 2 is 2.00 bits per heavy atom. The smallest absolute Gasteiger partial charge is 0.257 e. The number of rotatable bonds is 2. The molecule has 2 nitrogen and oxygen atoms in total. The Labute approximate surface area is 82.5 Å². The third-order valence-electron chi connectivity index (χ3n) is 1.63. The van der Waals surface area contributed by atoms with Crippen molar-refractivity contribution in [3.63, 3.8) is 0 Å². The molecular formula is C8H8BrF2NO. The van der Waals surface area contributed by atoms with Gasteiger partial charge in [0.05, 0.1) is 6.04 Å². The van der Waals surface area contributed by atoms with E-state index < -0.39 is 12.5 Å². The normalized spacial score (nSPS) is 13.3. The van der Waals surface area contributed by atoms with E-state index in [0.29, 0.717) is 4.47 Å². The first-order chi connectivity index (χ1) is 6.04. The number of halogens is 3. The highest BCUT2D eigenvalue weighted by Crippen LogP contribution is 2.32. The molecule has 0 aliphatic rings. The van der Waals surface area contributed by atoms with Gasteiger partial charge in [0.25, 0.3) is 6.43 Å². The van der Waals surface area contributed by atoms with Gasteiger partial charge in [-0.25, -0.2) is 8.78 Å². The van der Waals surface area contributed by atoms with Gasteiger partial charge in [0.1, 0.15) is 5.75 Å². The molecule has 0 bridgehead atoms. The molecule has 0 radical (unpaired) electrons.